The average Bonchev–Trinajstić information content (AvgIpc) is 2.64. The lowest BCUT2D eigenvalue weighted by atomic mass is 10.2. The van der Waals surface area contributed by atoms with E-state index in [1.54, 1.807) is 0 Å². The first-order valence-corrected chi connectivity index (χ1v) is 6.20. The molecule has 98 valence electrons. The van der Waals surface area contributed by atoms with Crippen LogP contribution in [0.25, 0.3) is 0 Å². The molecule has 0 fully saturated rings. The molecule has 5 heteroatoms. The van der Waals surface area contributed by atoms with Crippen LogP contribution in [0, 0.1) is 0 Å². The third-order valence-corrected chi connectivity index (χ3v) is 2.94. The Morgan fingerprint density at radius 3 is 2.65 bits per heavy atom. The lowest BCUT2D eigenvalue weighted by Gasteiger charge is -2.29. The number of anilines is 1. The highest BCUT2D eigenvalue weighted by Gasteiger charge is 2.12. The van der Waals surface area contributed by atoms with Gasteiger partial charge in [0.2, 0.25) is 0 Å². The molecular formula is C12H25N5. The molecule has 2 N–H and O–H groups in total. The first kappa shape index (κ1) is 14.0. The summed E-state index contributed by atoms with van der Waals surface area (Å²) in [6, 6.07) is 2.39. The number of nitrogen functional groups attached to an aromatic ring is 1. The highest BCUT2D eigenvalue weighted by Crippen LogP contribution is 2.02. The normalized spacial score (nSPS) is 13.5. The van der Waals surface area contributed by atoms with Crippen molar-refractivity contribution < 1.29 is 0 Å². The Balaban J connectivity index is 2.41. The van der Waals surface area contributed by atoms with E-state index in [4.69, 9.17) is 5.73 Å². The van der Waals surface area contributed by atoms with E-state index in [1.165, 1.54) is 0 Å². The van der Waals surface area contributed by atoms with Gasteiger partial charge in [-0.1, -0.05) is 6.92 Å². The highest BCUT2D eigenvalue weighted by atomic mass is 15.3. The minimum Gasteiger partial charge on any atom is -0.382 e. The summed E-state index contributed by atoms with van der Waals surface area (Å²) in [7, 11) is 4.22. The van der Waals surface area contributed by atoms with E-state index in [0.29, 0.717) is 11.9 Å². The van der Waals surface area contributed by atoms with Gasteiger partial charge in [0.25, 0.3) is 0 Å². The van der Waals surface area contributed by atoms with E-state index in [1.807, 2.05) is 16.9 Å². The number of hydrogen-bond acceptors (Lipinski definition) is 4. The van der Waals surface area contributed by atoms with Crippen molar-refractivity contribution in [2.75, 3.05) is 39.5 Å². The molecule has 1 aromatic heterocycles. The SMILES string of the molecule is CCN(CCn1ccc(N)n1)C(C)CN(C)C. The average molecular weight is 239 g/mol. The molecule has 0 saturated heterocycles. The zero-order valence-electron chi connectivity index (χ0n) is 11.4. The molecule has 1 aromatic rings. The standard InChI is InChI=1S/C12H25N5/c1-5-16(11(2)10-15(3)4)8-9-17-7-6-12(13)14-17/h6-7,11H,5,8-10H2,1-4H3,(H2,13,14). The highest BCUT2D eigenvalue weighted by molar-refractivity contribution is 5.23. The summed E-state index contributed by atoms with van der Waals surface area (Å²) in [5.41, 5.74) is 5.59. The molecule has 0 spiro atoms. The predicted molar refractivity (Wildman–Crippen MR) is 71.9 cm³/mol. The molecule has 1 unspecified atom stereocenters. The van der Waals surface area contributed by atoms with Gasteiger partial charge in [-0.05, 0) is 33.6 Å². The molecule has 0 radical (unpaired) electrons. The number of hydrogen-bond donors (Lipinski definition) is 1. The number of nitrogens with two attached hydrogens (primary N) is 1. The zero-order chi connectivity index (χ0) is 12.8. The second-order valence-electron chi connectivity index (χ2n) is 4.74. The molecule has 0 bridgehead atoms. The molecule has 5 nitrogen and oxygen atoms in total. The van der Waals surface area contributed by atoms with Crippen LogP contribution in [-0.4, -0.2) is 59.4 Å². The third-order valence-electron chi connectivity index (χ3n) is 2.94. The molecule has 0 aliphatic carbocycles. The van der Waals surface area contributed by atoms with Crippen LogP contribution in [0.2, 0.25) is 0 Å². The smallest absolute Gasteiger partial charge is 0.145 e. The van der Waals surface area contributed by atoms with Gasteiger partial charge in [-0.2, -0.15) is 5.10 Å². The summed E-state index contributed by atoms with van der Waals surface area (Å²) < 4.78 is 1.90. The molecule has 0 aliphatic heterocycles. The number of likely N-dealkylation sites (N-methyl/N-ethyl adjacent to an activating group) is 2. The minimum absolute atomic E-state index is 0.558. The third kappa shape index (κ3) is 4.75. The number of aromatic nitrogens is 2. The Labute approximate surface area is 104 Å². The van der Waals surface area contributed by atoms with Gasteiger partial charge in [-0.15, -0.1) is 0 Å². The largest absolute Gasteiger partial charge is 0.382 e. The van der Waals surface area contributed by atoms with Gasteiger partial charge in [0.05, 0.1) is 6.54 Å². The summed E-state index contributed by atoms with van der Waals surface area (Å²) in [5.74, 6) is 0.592. The Morgan fingerprint density at radius 2 is 2.18 bits per heavy atom. The van der Waals surface area contributed by atoms with Crippen LogP contribution >= 0.6 is 0 Å². The van der Waals surface area contributed by atoms with Gasteiger partial charge >= 0.3 is 0 Å². The van der Waals surface area contributed by atoms with Crippen LogP contribution in [0.3, 0.4) is 0 Å². The Hall–Kier alpha value is -1.07. The molecule has 0 aliphatic rings. The maximum absolute atomic E-state index is 5.59. The molecule has 0 aromatic carbocycles. The van der Waals surface area contributed by atoms with Crippen LogP contribution in [0.5, 0.6) is 0 Å². The van der Waals surface area contributed by atoms with Crippen molar-refractivity contribution in [3.63, 3.8) is 0 Å². The van der Waals surface area contributed by atoms with Crippen molar-refractivity contribution in [3.05, 3.63) is 12.3 Å². The van der Waals surface area contributed by atoms with Gasteiger partial charge in [0, 0.05) is 25.3 Å². The van der Waals surface area contributed by atoms with Gasteiger partial charge < -0.3 is 10.6 Å². The first-order valence-electron chi connectivity index (χ1n) is 6.20. The fraction of sp³-hybridized carbons (Fsp3) is 0.750. The summed E-state index contributed by atoms with van der Waals surface area (Å²) in [5, 5.41) is 4.19. The van der Waals surface area contributed by atoms with Crippen LogP contribution < -0.4 is 5.73 Å². The van der Waals surface area contributed by atoms with E-state index >= 15 is 0 Å². The topological polar surface area (TPSA) is 50.3 Å². The van der Waals surface area contributed by atoms with Crippen molar-refractivity contribution in [2.45, 2.75) is 26.4 Å². The van der Waals surface area contributed by atoms with E-state index in [0.717, 1.165) is 26.2 Å². The van der Waals surface area contributed by atoms with Crippen LogP contribution in [0.4, 0.5) is 5.82 Å². The van der Waals surface area contributed by atoms with Crippen LogP contribution in [0.1, 0.15) is 13.8 Å². The fourth-order valence-electron chi connectivity index (χ4n) is 2.07. The summed E-state index contributed by atoms with van der Waals surface area (Å²) in [6.07, 6.45) is 1.93. The predicted octanol–water partition coefficient (Wildman–Crippen LogP) is 0.737. The van der Waals surface area contributed by atoms with Crippen LogP contribution in [-0.2, 0) is 6.54 Å². The fourth-order valence-corrected chi connectivity index (χ4v) is 2.07. The van der Waals surface area contributed by atoms with Crippen molar-refractivity contribution in [1.82, 2.24) is 19.6 Å². The zero-order valence-corrected chi connectivity index (χ0v) is 11.4. The van der Waals surface area contributed by atoms with Gasteiger partial charge in [-0.25, -0.2) is 0 Å². The molecule has 17 heavy (non-hydrogen) atoms. The Bertz CT molecular complexity index is 320. The molecule has 0 amide bonds. The van der Waals surface area contributed by atoms with Crippen molar-refractivity contribution in [3.8, 4) is 0 Å². The van der Waals surface area contributed by atoms with Crippen molar-refractivity contribution in [1.29, 1.82) is 0 Å². The minimum atomic E-state index is 0.558. The van der Waals surface area contributed by atoms with Gasteiger partial charge in [0.1, 0.15) is 5.82 Å². The summed E-state index contributed by atoms with van der Waals surface area (Å²) in [4.78, 5) is 4.68. The van der Waals surface area contributed by atoms with E-state index in [2.05, 4.69) is 42.8 Å². The molecule has 1 heterocycles. The van der Waals surface area contributed by atoms with Gasteiger partial charge in [0.15, 0.2) is 0 Å². The number of nitrogens with zero attached hydrogens (tertiary/aromatic N) is 4. The Morgan fingerprint density at radius 1 is 1.47 bits per heavy atom. The molecule has 0 saturated carbocycles. The quantitative estimate of drug-likeness (QED) is 0.762. The molecular weight excluding hydrogens is 214 g/mol. The summed E-state index contributed by atoms with van der Waals surface area (Å²) >= 11 is 0. The van der Waals surface area contributed by atoms with Gasteiger partial charge in [-0.3, -0.25) is 9.58 Å². The molecule has 1 rings (SSSR count). The van der Waals surface area contributed by atoms with Crippen molar-refractivity contribution in [2.24, 2.45) is 0 Å². The van der Waals surface area contributed by atoms with E-state index in [-0.39, 0.29) is 0 Å². The first-order chi connectivity index (χ1) is 8.02. The van der Waals surface area contributed by atoms with Crippen LogP contribution in [0.15, 0.2) is 12.3 Å². The Kier molecular flexibility index (Phi) is 5.44. The number of rotatable bonds is 7. The second-order valence-corrected chi connectivity index (χ2v) is 4.74. The lowest BCUT2D eigenvalue weighted by molar-refractivity contribution is 0.174. The van der Waals surface area contributed by atoms with E-state index < -0.39 is 0 Å². The lowest BCUT2D eigenvalue weighted by Crippen LogP contribution is -2.41. The monoisotopic (exact) mass is 239 g/mol. The second kappa shape index (κ2) is 6.61. The maximum Gasteiger partial charge on any atom is 0.145 e. The van der Waals surface area contributed by atoms with E-state index in [9.17, 15) is 0 Å². The maximum atomic E-state index is 5.59. The summed E-state index contributed by atoms with van der Waals surface area (Å²) in [6.45, 7) is 8.50. The van der Waals surface area contributed by atoms with Crippen molar-refractivity contribution >= 4 is 5.82 Å². The molecule has 1 atom stereocenters.